The summed E-state index contributed by atoms with van der Waals surface area (Å²) in [5.74, 6) is 0.352. The average molecular weight is 308 g/mol. The van der Waals surface area contributed by atoms with Crippen LogP contribution in [0.2, 0.25) is 0 Å². The number of hydrogen-bond acceptors (Lipinski definition) is 1. The van der Waals surface area contributed by atoms with Crippen molar-refractivity contribution in [3.63, 3.8) is 0 Å². The minimum absolute atomic E-state index is 0.352. The number of amides is 1. The molecule has 1 amide bonds. The third-order valence-electron chi connectivity index (χ3n) is 7.28. The Morgan fingerprint density at radius 3 is 2.50 bits per heavy atom. The summed E-state index contributed by atoms with van der Waals surface area (Å²) in [5, 5.41) is 0. The molecule has 3 aliphatic heterocycles. The van der Waals surface area contributed by atoms with E-state index in [1.165, 1.54) is 69.2 Å². The van der Waals surface area contributed by atoms with Gasteiger partial charge in [-0.05, 0) is 24.7 Å². The lowest BCUT2D eigenvalue weighted by Crippen LogP contribution is -2.49. The highest BCUT2D eigenvalue weighted by molar-refractivity contribution is 5.75. The maximum atomic E-state index is 12.0. The zero-order chi connectivity index (χ0) is 15.8. The molecule has 126 valence electrons. The van der Waals surface area contributed by atoms with Crippen molar-refractivity contribution >= 4 is 5.91 Å². The van der Waals surface area contributed by atoms with E-state index < -0.39 is 0 Å². The number of quaternary nitrogens is 1. The molecule has 0 aromatic carbocycles. The number of nitrogens with zero attached hydrogens (tertiary/aromatic N) is 2. The predicted molar refractivity (Wildman–Crippen MR) is 90.5 cm³/mol. The van der Waals surface area contributed by atoms with Crippen LogP contribution in [0.25, 0.3) is 0 Å². The first-order chi connectivity index (χ1) is 10.4. The van der Waals surface area contributed by atoms with Crippen LogP contribution in [0.5, 0.6) is 0 Å². The first kappa shape index (κ1) is 16.3. The molecule has 3 aliphatic rings. The van der Waals surface area contributed by atoms with Gasteiger partial charge in [-0.25, -0.2) is 0 Å². The second kappa shape index (κ2) is 5.81. The van der Waals surface area contributed by atoms with Gasteiger partial charge >= 0.3 is 0 Å². The van der Waals surface area contributed by atoms with E-state index in [0.717, 1.165) is 13.1 Å². The Bertz CT molecular complexity index is 425. The summed E-state index contributed by atoms with van der Waals surface area (Å²) in [6.45, 7) is 14.4. The molecule has 3 fully saturated rings. The smallest absolute Gasteiger partial charge is 0.222 e. The van der Waals surface area contributed by atoms with Gasteiger partial charge in [0.25, 0.3) is 0 Å². The van der Waals surface area contributed by atoms with Crippen molar-refractivity contribution in [3.05, 3.63) is 0 Å². The zero-order valence-electron chi connectivity index (χ0n) is 15.0. The Morgan fingerprint density at radius 1 is 1.18 bits per heavy atom. The van der Waals surface area contributed by atoms with E-state index in [2.05, 4.69) is 18.7 Å². The molecule has 2 bridgehead atoms. The van der Waals surface area contributed by atoms with Crippen molar-refractivity contribution in [2.75, 3.05) is 39.3 Å². The Hall–Kier alpha value is -0.570. The molecule has 0 aliphatic carbocycles. The van der Waals surface area contributed by atoms with Crippen molar-refractivity contribution < 1.29 is 9.28 Å². The maximum Gasteiger partial charge on any atom is 0.222 e. The molecule has 3 nitrogen and oxygen atoms in total. The second-order valence-electron chi connectivity index (χ2n) is 8.86. The van der Waals surface area contributed by atoms with Crippen LogP contribution in [0.15, 0.2) is 0 Å². The fourth-order valence-corrected chi connectivity index (χ4v) is 5.44. The summed E-state index contributed by atoms with van der Waals surface area (Å²) >= 11 is 0. The summed E-state index contributed by atoms with van der Waals surface area (Å²) in [6.07, 6.45) is 8.76. The molecular formula is C19H35N2O+. The number of likely N-dealkylation sites (tertiary alicyclic amines) is 1. The average Bonchev–Trinajstić information content (AvgIpc) is 3.10. The number of carbonyl (C=O) groups excluding carboxylic acids is 1. The molecule has 3 heteroatoms. The summed E-state index contributed by atoms with van der Waals surface area (Å²) < 4.78 is 1.39. The molecule has 0 radical (unpaired) electrons. The summed E-state index contributed by atoms with van der Waals surface area (Å²) in [5.41, 5.74) is 1.05. The molecule has 0 aromatic heterocycles. The van der Waals surface area contributed by atoms with Crippen LogP contribution in [0.4, 0.5) is 0 Å². The van der Waals surface area contributed by atoms with Crippen molar-refractivity contribution in [2.24, 2.45) is 10.8 Å². The standard InChI is InChI=1S/C19H35N2O/c1-4-17(22)20-11-6-7-18(3,15-20)8-12-21-13-9-19(5-2,16-21)10-14-21/h4-16H2,1-3H3/q+1. The molecule has 0 aromatic rings. The molecule has 1 unspecified atom stereocenters. The van der Waals surface area contributed by atoms with Gasteiger partial charge in [-0.15, -0.1) is 0 Å². The van der Waals surface area contributed by atoms with E-state index in [1.54, 1.807) is 0 Å². The van der Waals surface area contributed by atoms with Crippen LogP contribution in [-0.2, 0) is 4.79 Å². The second-order valence-corrected chi connectivity index (χ2v) is 8.86. The van der Waals surface area contributed by atoms with Gasteiger partial charge in [0, 0.05) is 44.2 Å². The lowest BCUT2D eigenvalue weighted by atomic mass is 9.78. The maximum absolute atomic E-state index is 12.0. The molecule has 22 heavy (non-hydrogen) atoms. The van der Waals surface area contributed by atoms with E-state index in [4.69, 9.17) is 0 Å². The minimum Gasteiger partial charge on any atom is -0.342 e. The van der Waals surface area contributed by atoms with Crippen molar-refractivity contribution in [1.82, 2.24) is 4.90 Å². The lowest BCUT2D eigenvalue weighted by Gasteiger charge is -2.42. The Morgan fingerprint density at radius 2 is 1.91 bits per heavy atom. The number of carbonyl (C=O) groups is 1. The number of piperidine rings is 2. The molecule has 3 heterocycles. The largest absolute Gasteiger partial charge is 0.342 e. The molecule has 0 spiro atoms. The SMILES string of the molecule is CCC(=O)N1CCCC(C)(CC[N+]23CCC(CC)(CC2)C3)C1. The van der Waals surface area contributed by atoms with E-state index in [-0.39, 0.29) is 0 Å². The van der Waals surface area contributed by atoms with Gasteiger partial charge in [0.15, 0.2) is 0 Å². The zero-order valence-corrected chi connectivity index (χ0v) is 15.0. The third-order valence-corrected chi connectivity index (χ3v) is 7.28. The molecule has 3 saturated heterocycles. The fraction of sp³-hybridized carbons (Fsp3) is 0.947. The van der Waals surface area contributed by atoms with Crippen LogP contribution < -0.4 is 0 Å². The van der Waals surface area contributed by atoms with Gasteiger partial charge in [-0.2, -0.15) is 0 Å². The summed E-state index contributed by atoms with van der Waals surface area (Å²) in [7, 11) is 0. The van der Waals surface area contributed by atoms with Gasteiger partial charge in [0.05, 0.1) is 26.2 Å². The number of rotatable bonds is 5. The predicted octanol–water partition coefficient (Wildman–Crippen LogP) is 3.44. The quantitative estimate of drug-likeness (QED) is 0.713. The van der Waals surface area contributed by atoms with E-state index in [0.29, 0.717) is 23.2 Å². The van der Waals surface area contributed by atoms with Crippen molar-refractivity contribution in [1.29, 1.82) is 0 Å². The van der Waals surface area contributed by atoms with Gasteiger partial charge < -0.3 is 9.38 Å². The Labute approximate surface area is 136 Å². The van der Waals surface area contributed by atoms with Crippen LogP contribution >= 0.6 is 0 Å². The normalized spacial score (nSPS) is 41.1. The van der Waals surface area contributed by atoms with Crippen molar-refractivity contribution in [2.45, 2.75) is 65.7 Å². The van der Waals surface area contributed by atoms with E-state index >= 15 is 0 Å². The molecule has 0 saturated carbocycles. The van der Waals surface area contributed by atoms with Crippen LogP contribution in [0.3, 0.4) is 0 Å². The van der Waals surface area contributed by atoms with Gasteiger partial charge in [0.2, 0.25) is 5.91 Å². The van der Waals surface area contributed by atoms with Gasteiger partial charge in [0.1, 0.15) is 0 Å². The lowest BCUT2D eigenvalue weighted by molar-refractivity contribution is -0.910. The highest BCUT2D eigenvalue weighted by atomic mass is 16.2. The topological polar surface area (TPSA) is 20.3 Å². The van der Waals surface area contributed by atoms with Crippen molar-refractivity contribution in [3.8, 4) is 0 Å². The first-order valence-corrected chi connectivity index (χ1v) is 9.57. The summed E-state index contributed by atoms with van der Waals surface area (Å²) in [6, 6.07) is 0. The first-order valence-electron chi connectivity index (χ1n) is 9.57. The molecular weight excluding hydrogens is 272 g/mol. The minimum atomic E-state index is 0.352. The fourth-order valence-electron chi connectivity index (χ4n) is 5.44. The third kappa shape index (κ3) is 2.93. The van der Waals surface area contributed by atoms with E-state index in [9.17, 15) is 4.79 Å². The highest BCUT2D eigenvalue weighted by Crippen LogP contribution is 2.48. The number of fused-ring (bicyclic) bond motifs is 2. The Balaban J connectivity index is 1.58. The Kier molecular flexibility index (Phi) is 4.30. The number of hydrogen-bond donors (Lipinski definition) is 0. The molecule has 0 N–H and O–H groups in total. The van der Waals surface area contributed by atoms with Crippen LogP contribution in [0.1, 0.15) is 65.7 Å². The monoisotopic (exact) mass is 307 g/mol. The highest BCUT2D eigenvalue weighted by Gasteiger charge is 2.54. The van der Waals surface area contributed by atoms with Gasteiger partial charge in [-0.3, -0.25) is 4.79 Å². The van der Waals surface area contributed by atoms with Gasteiger partial charge in [-0.1, -0.05) is 20.8 Å². The van der Waals surface area contributed by atoms with E-state index in [1.807, 2.05) is 6.92 Å². The van der Waals surface area contributed by atoms with Crippen LogP contribution in [-0.4, -0.2) is 54.6 Å². The van der Waals surface area contributed by atoms with Crippen LogP contribution in [0, 0.1) is 10.8 Å². The molecule has 3 rings (SSSR count). The summed E-state index contributed by atoms with van der Waals surface area (Å²) in [4.78, 5) is 14.2. The molecule has 1 atom stereocenters.